The van der Waals surface area contributed by atoms with E-state index < -0.39 is 17.7 Å². The number of carbonyl (C=O) groups excluding carboxylic acids is 2. The monoisotopic (exact) mass is 412 g/mol. The average molecular weight is 412 g/mol. The van der Waals surface area contributed by atoms with E-state index in [4.69, 9.17) is 9.15 Å². The van der Waals surface area contributed by atoms with E-state index in [-0.39, 0.29) is 17.4 Å². The molecule has 0 spiro atoms. The minimum Gasteiger partial charge on any atom is -0.507 e. The van der Waals surface area contributed by atoms with Gasteiger partial charge < -0.3 is 24.1 Å². The van der Waals surface area contributed by atoms with Gasteiger partial charge >= 0.3 is 0 Å². The molecule has 1 amide bonds. The van der Waals surface area contributed by atoms with Crippen LogP contribution in [0.25, 0.3) is 5.76 Å². The first-order chi connectivity index (χ1) is 14.3. The van der Waals surface area contributed by atoms with Gasteiger partial charge in [0.25, 0.3) is 11.7 Å². The lowest BCUT2D eigenvalue weighted by Gasteiger charge is -2.24. The van der Waals surface area contributed by atoms with Gasteiger partial charge in [0.2, 0.25) is 0 Å². The lowest BCUT2D eigenvalue weighted by atomic mass is 9.99. The molecule has 0 aliphatic carbocycles. The van der Waals surface area contributed by atoms with Crippen LogP contribution >= 0.6 is 0 Å². The summed E-state index contributed by atoms with van der Waals surface area (Å²) in [5.74, 6) is -0.452. The Morgan fingerprint density at radius 2 is 1.90 bits per heavy atom. The Bertz CT molecular complexity index is 914. The first kappa shape index (κ1) is 21.6. The molecule has 1 aliphatic heterocycles. The number of likely N-dealkylation sites (tertiary alicyclic amines) is 1. The van der Waals surface area contributed by atoms with Crippen LogP contribution in [0.1, 0.15) is 37.6 Å². The smallest absolute Gasteiger partial charge is 0.295 e. The fourth-order valence-electron chi connectivity index (χ4n) is 3.53. The molecule has 1 atom stereocenters. The Balaban J connectivity index is 1.97. The van der Waals surface area contributed by atoms with Gasteiger partial charge in [0.1, 0.15) is 23.3 Å². The summed E-state index contributed by atoms with van der Waals surface area (Å²) in [5.41, 5.74) is 0.478. The van der Waals surface area contributed by atoms with Crippen LogP contribution in [0.5, 0.6) is 5.75 Å². The highest BCUT2D eigenvalue weighted by molar-refractivity contribution is 6.46. The number of amides is 1. The molecule has 1 aliphatic rings. The molecule has 160 valence electrons. The van der Waals surface area contributed by atoms with Gasteiger partial charge in [0.15, 0.2) is 0 Å². The number of rotatable bonds is 8. The van der Waals surface area contributed by atoms with Crippen molar-refractivity contribution in [1.29, 1.82) is 0 Å². The number of ketones is 1. The number of furan rings is 1. The second kappa shape index (κ2) is 9.17. The van der Waals surface area contributed by atoms with Crippen LogP contribution in [0.2, 0.25) is 0 Å². The van der Waals surface area contributed by atoms with Crippen molar-refractivity contribution in [3.05, 3.63) is 59.6 Å². The standard InChI is InChI=1S/C23H28N2O5/c1-15(2)30-17-10-8-16(9-11-17)21(26)19-20(18-7-5-14-29-18)25(23(28)22(19)27)13-6-12-24(3)4/h5,7-11,14-15,20,26H,6,12-13H2,1-4H3. The Kier molecular flexibility index (Phi) is 6.62. The minimum atomic E-state index is -0.756. The van der Waals surface area contributed by atoms with E-state index in [1.54, 1.807) is 36.4 Å². The number of aliphatic hydroxyl groups is 1. The van der Waals surface area contributed by atoms with E-state index in [0.717, 1.165) is 6.54 Å². The van der Waals surface area contributed by atoms with Crippen LogP contribution in [0.3, 0.4) is 0 Å². The Morgan fingerprint density at radius 3 is 2.47 bits per heavy atom. The van der Waals surface area contributed by atoms with Crippen LogP contribution in [0.4, 0.5) is 0 Å². The molecule has 1 fully saturated rings. The third-order valence-electron chi connectivity index (χ3n) is 4.86. The highest BCUT2D eigenvalue weighted by Gasteiger charge is 2.47. The van der Waals surface area contributed by atoms with Crippen molar-refractivity contribution in [2.45, 2.75) is 32.4 Å². The van der Waals surface area contributed by atoms with Gasteiger partial charge in [-0.25, -0.2) is 0 Å². The molecule has 1 aromatic carbocycles. The highest BCUT2D eigenvalue weighted by atomic mass is 16.5. The van der Waals surface area contributed by atoms with Gasteiger partial charge in [-0.15, -0.1) is 0 Å². The van der Waals surface area contributed by atoms with Gasteiger partial charge in [-0.1, -0.05) is 0 Å². The summed E-state index contributed by atoms with van der Waals surface area (Å²) >= 11 is 0. The van der Waals surface area contributed by atoms with E-state index in [2.05, 4.69) is 0 Å². The number of ether oxygens (including phenoxy) is 1. The van der Waals surface area contributed by atoms with E-state index in [1.165, 1.54) is 11.2 Å². The highest BCUT2D eigenvalue weighted by Crippen LogP contribution is 2.39. The van der Waals surface area contributed by atoms with Crippen LogP contribution in [0.15, 0.2) is 52.7 Å². The molecule has 0 saturated carbocycles. The predicted octanol–water partition coefficient (Wildman–Crippen LogP) is 3.44. The largest absolute Gasteiger partial charge is 0.507 e. The summed E-state index contributed by atoms with van der Waals surface area (Å²) in [6.45, 7) is 5.00. The van der Waals surface area contributed by atoms with Crippen molar-refractivity contribution in [1.82, 2.24) is 9.80 Å². The number of hydrogen-bond acceptors (Lipinski definition) is 6. The topological polar surface area (TPSA) is 83.2 Å². The van der Waals surface area contributed by atoms with Crippen molar-refractivity contribution in [3.63, 3.8) is 0 Å². The molecule has 2 aromatic rings. The van der Waals surface area contributed by atoms with E-state index >= 15 is 0 Å². The molecule has 1 saturated heterocycles. The maximum absolute atomic E-state index is 12.9. The lowest BCUT2D eigenvalue weighted by Crippen LogP contribution is -2.32. The fourth-order valence-corrected chi connectivity index (χ4v) is 3.53. The average Bonchev–Trinajstić information content (AvgIpc) is 3.30. The predicted molar refractivity (Wildman–Crippen MR) is 113 cm³/mol. The molecule has 0 radical (unpaired) electrons. The van der Waals surface area contributed by atoms with E-state index in [1.807, 2.05) is 32.8 Å². The van der Waals surface area contributed by atoms with Crippen LogP contribution in [-0.2, 0) is 9.59 Å². The summed E-state index contributed by atoms with van der Waals surface area (Å²) in [5, 5.41) is 11.0. The van der Waals surface area contributed by atoms with E-state index in [9.17, 15) is 14.7 Å². The van der Waals surface area contributed by atoms with Gasteiger partial charge in [0, 0.05) is 12.1 Å². The number of hydrogen-bond donors (Lipinski definition) is 1. The third kappa shape index (κ3) is 4.57. The number of nitrogens with zero attached hydrogens (tertiary/aromatic N) is 2. The molecule has 1 N–H and O–H groups in total. The zero-order chi connectivity index (χ0) is 21.8. The summed E-state index contributed by atoms with van der Waals surface area (Å²) in [4.78, 5) is 29.1. The van der Waals surface area contributed by atoms with Crippen molar-refractivity contribution >= 4 is 17.4 Å². The Morgan fingerprint density at radius 1 is 1.20 bits per heavy atom. The normalized spacial score (nSPS) is 18.6. The van der Waals surface area contributed by atoms with Crippen LogP contribution in [-0.4, -0.2) is 59.9 Å². The van der Waals surface area contributed by atoms with E-state index in [0.29, 0.717) is 30.0 Å². The quantitative estimate of drug-likeness (QED) is 0.406. The van der Waals surface area contributed by atoms with Crippen LogP contribution < -0.4 is 4.74 Å². The molecule has 1 unspecified atom stereocenters. The number of benzene rings is 1. The number of carbonyl (C=O) groups is 2. The van der Waals surface area contributed by atoms with Crippen molar-refractivity contribution in [2.75, 3.05) is 27.2 Å². The van der Waals surface area contributed by atoms with Crippen molar-refractivity contribution in [2.24, 2.45) is 0 Å². The zero-order valence-electron chi connectivity index (χ0n) is 17.8. The molecule has 7 heteroatoms. The second-order valence-electron chi connectivity index (χ2n) is 7.86. The maximum Gasteiger partial charge on any atom is 0.295 e. The summed E-state index contributed by atoms with van der Waals surface area (Å²) in [6, 6.07) is 9.45. The Labute approximate surface area is 176 Å². The van der Waals surface area contributed by atoms with Gasteiger partial charge in [-0.2, -0.15) is 0 Å². The molecular formula is C23H28N2O5. The molecular weight excluding hydrogens is 384 g/mol. The summed E-state index contributed by atoms with van der Waals surface area (Å²) < 4.78 is 11.2. The first-order valence-corrected chi connectivity index (χ1v) is 10.0. The maximum atomic E-state index is 12.9. The van der Waals surface area contributed by atoms with Gasteiger partial charge in [-0.05, 0) is 77.3 Å². The summed E-state index contributed by atoms with van der Waals surface area (Å²) in [6.07, 6.45) is 2.21. The van der Waals surface area contributed by atoms with Gasteiger partial charge in [0.05, 0.1) is 17.9 Å². The molecule has 30 heavy (non-hydrogen) atoms. The van der Waals surface area contributed by atoms with Gasteiger partial charge in [-0.3, -0.25) is 9.59 Å². The molecule has 0 bridgehead atoms. The molecule has 2 heterocycles. The molecule has 3 rings (SSSR count). The van der Waals surface area contributed by atoms with Crippen LogP contribution in [0, 0.1) is 0 Å². The SMILES string of the molecule is CC(C)Oc1ccc(C(O)=C2C(=O)C(=O)N(CCCN(C)C)C2c2ccco2)cc1. The first-order valence-electron chi connectivity index (χ1n) is 10.0. The summed E-state index contributed by atoms with van der Waals surface area (Å²) in [7, 11) is 3.90. The fraction of sp³-hybridized carbons (Fsp3) is 0.391. The second-order valence-corrected chi connectivity index (χ2v) is 7.86. The number of aliphatic hydroxyl groups excluding tert-OH is 1. The Hall–Kier alpha value is -3.06. The number of Topliss-reactive ketones (excluding diaryl/α,β-unsaturated/α-hetero) is 1. The minimum absolute atomic E-state index is 0.0240. The zero-order valence-corrected chi connectivity index (χ0v) is 17.8. The van der Waals surface area contributed by atoms with Crippen molar-refractivity contribution in [3.8, 4) is 5.75 Å². The molecule has 7 nitrogen and oxygen atoms in total. The lowest BCUT2D eigenvalue weighted by molar-refractivity contribution is -0.140. The van der Waals surface area contributed by atoms with Crippen molar-refractivity contribution < 1.29 is 23.8 Å². The molecule has 1 aromatic heterocycles. The third-order valence-corrected chi connectivity index (χ3v) is 4.86.